The van der Waals surface area contributed by atoms with E-state index in [9.17, 15) is 18.8 Å². The average Bonchev–Trinajstić information content (AvgIpc) is 2.61. The van der Waals surface area contributed by atoms with Gasteiger partial charge in [0, 0.05) is 11.3 Å². The average molecular weight is 352 g/mol. The molecule has 0 saturated carbocycles. The molecule has 0 aliphatic carbocycles. The maximum Gasteiger partial charge on any atom is 0.266 e. The fourth-order valence-corrected chi connectivity index (χ4v) is 2.63. The predicted molar refractivity (Wildman–Crippen MR) is 92.6 cm³/mol. The first-order valence-corrected chi connectivity index (χ1v) is 7.79. The number of hydrogen-bond acceptors (Lipinski definition) is 3. The molecule has 130 valence electrons. The van der Waals surface area contributed by atoms with Gasteiger partial charge in [0.15, 0.2) is 17.4 Å². The summed E-state index contributed by atoms with van der Waals surface area (Å²) in [5.41, 5.74) is 1.95. The van der Waals surface area contributed by atoms with Crippen LogP contribution in [0.25, 0.3) is 11.1 Å². The van der Waals surface area contributed by atoms with Crippen molar-refractivity contribution < 1.29 is 13.5 Å². The summed E-state index contributed by atoms with van der Waals surface area (Å²) in [6, 6.07) is 14.0. The number of ether oxygens (including phenoxy) is 1. The number of aromatic amines is 1. The Hall–Kier alpha value is -3.46. The number of benzene rings is 2. The SMILES string of the molecule is Cc1cc(-c2cccc(COc3c(F)cccc3F)c2)c(C#N)c(=O)[nH]1. The number of H-pyrrole nitrogens is 1. The lowest BCUT2D eigenvalue weighted by Crippen LogP contribution is -2.12. The number of hydrogen-bond donors (Lipinski definition) is 1. The zero-order valence-corrected chi connectivity index (χ0v) is 13.8. The van der Waals surface area contributed by atoms with E-state index in [1.807, 2.05) is 6.07 Å². The van der Waals surface area contributed by atoms with Crippen LogP contribution in [0.4, 0.5) is 8.78 Å². The Morgan fingerprint density at radius 2 is 1.81 bits per heavy atom. The Bertz CT molecular complexity index is 1050. The molecule has 0 aliphatic rings. The summed E-state index contributed by atoms with van der Waals surface area (Å²) >= 11 is 0. The molecule has 3 rings (SSSR count). The second-order valence-corrected chi connectivity index (χ2v) is 5.72. The molecule has 0 atom stereocenters. The maximum atomic E-state index is 13.6. The summed E-state index contributed by atoms with van der Waals surface area (Å²) in [6.45, 7) is 1.66. The molecule has 0 aliphatic heterocycles. The molecular weight excluding hydrogens is 338 g/mol. The van der Waals surface area contributed by atoms with E-state index >= 15 is 0 Å². The van der Waals surface area contributed by atoms with Crippen molar-refractivity contribution >= 4 is 0 Å². The minimum atomic E-state index is -0.780. The van der Waals surface area contributed by atoms with Gasteiger partial charge < -0.3 is 9.72 Å². The maximum absolute atomic E-state index is 13.6. The molecule has 4 nitrogen and oxygen atoms in total. The monoisotopic (exact) mass is 352 g/mol. The lowest BCUT2D eigenvalue weighted by Gasteiger charge is -2.10. The van der Waals surface area contributed by atoms with Crippen molar-refractivity contribution in [3.05, 3.63) is 87.3 Å². The molecule has 6 heteroatoms. The zero-order valence-electron chi connectivity index (χ0n) is 13.8. The molecule has 0 amide bonds. The zero-order chi connectivity index (χ0) is 18.7. The van der Waals surface area contributed by atoms with Crippen LogP contribution < -0.4 is 10.3 Å². The molecule has 0 spiro atoms. The van der Waals surface area contributed by atoms with Gasteiger partial charge in [0.25, 0.3) is 5.56 Å². The quantitative estimate of drug-likeness (QED) is 0.769. The molecule has 0 saturated heterocycles. The number of nitrogens with one attached hydrogen (secondary N) is 1. The third-order valence-corrected chi connectivity index (χ3v) is 3.82. The Kier molecular flexibility index (Phi) is 4.81. The summed E-state index contributed by atoms with van der Waals surface area (Å²) < 4.78 is 32.6. The molecule has 1 N–H and O–H groups in total. The molecule has 2 aromatic carbocycles. The highest BCUT2D eigenvalue weighted by molar-refractivity contribution is 5.70. The van der Waals surface area contributed by atoms with Gasteiger partial charge in [0.2, 0.25) is 0 Å². The van der Waals surface area contributed by atoms with Crippen LogP contribution in [0.3, 0.4) is 0 Å². The topological polar surface area (TPSA) is 65.9 Å². The van der Waals surface area contributed by atoms with E-state index in [1.165, 1.54) is 6.07 Å². The molecule has 0 unspecified atom stereocenters. The first kappa shape index (κ1) is 17.4. The number of pyridine rings is 1. The van der Waals surface area contributed by atoms with E-state index in [2.05, 4.69) is 4.98 Å². The van der Waals surface area contributed by atoms with Crippen molar-refractivity contribution in [3.8, 4) is 22.9 Å². The largest absolute Gasteiger partial charge is 0.483 e. The van der Waals surface area contributed by atoms with Gasteiger partial charge in [0.05, 0.1) is 0 Å². The lowest BCUT2D eigenvalue weighted by atomic mass is 9.99. The fraction of sp³-hybridized carbons (Fsp3) is 0.100. The smallest absolute Gasteiger partial charge is 0.266 e. The molecule has 26 heavy (non-hydrogen) atoms. The predicted octanol–water partition coefficient (Wildman–Crippen LogP) is 4.08. The van der Waals surface area contributed by atoms with E-state index in [0.717, 1.165) is 12.1 Å². The third-order valence-electron chi connectivity index (χ3n) is 3.82. The van der Waals surface area contributed by atoms with Crippen molar-refractivity contribution in [3.63, 3.8) is 0 Å². The van der Waals surface area contributed by atoms with Gasteiger partial charge in [-0.15, -0.1) is 0 Å². The van der Waals surface area contributed by atoms with Crippen molar-refractivity contribution in [1.29, 1.82) is 5.26 Å². The molecule has 1 aromatic heterocycles. The Morgan fingerprint density at radius 3 is 2.50 bits per heavy atom. The standard InChI is InChI=1S/C20H14F2N2O2/c1-12-8-15(16(10-23)20(25)24-12)14-5-2-4-13(9-14)11-26-19-17(21)6-3-7-18(19)22/h2-9H,11H2,1H3,(H,24,25). The minimum absolute atomic E-state index is 0.00816. The van der Waals surface area contributed by atoms with Crippen molar-refractivity contribution in [1.82, 2.24) is 4.98 Å². The Morgan fingerprint density at radius 1 is 1.12 bits per heavy atom. The van der Waals surface area contributed by atoms with Crippen LogP contribution in [-0.4, -0.2) is 4.98 Å². The van der Waals surface area contributed by atoms with Crippen LogP contribution in [-0.2, 0) is 6.61 Å². The number of aromatic nitrogens is 1. The molecule has 3 aromatic rings. The number of aryl methyl sites for hydroxylation is 1. The van der Waals surface area contributed by atoms with Crippen LogP contribution in [0.2, 0.25) is 0 Å². The summed E-state index contributed by atoms with van der Waals surface area (Å²) in [4.78, 5) is 14.5. The van der Waals surface area contributed by atoms with Gasteiger partial charge in [-0.05, 0) is 42.3 Å². The van der Waals surface area contributed by atoms with Crippen molar-refractivity contribution in [2.45, 2.75) is 13.5 Å². The lowest BCUT2D eigenvalue weighted by molar-refractivity contribution is 0.274. The third kappa shape index (κ3) is 3.47. The molecule has 0 fully saturated rings. The number of nitrogens with zero attached hydrogens (tertiary/aromatic N) is 1. The van der Waals surface area contributed by atoms with Gasteiger partial charge in [-0.25, -0.2) is 8.78 Å². The molecule has 0 bridgehead atoms. The summed E-state index contributed by atoms with van der Waals surface area (Å²) in [7, 11) is 0. The van der Waals surface area contributed by atoms with E-state index in [-0.39, 0.29) is 12.2 Å². The Labute approximate surface area is 148 Å². The van der Waals surface area contributed by atoms with E-state index < -0.39 is 22.9 Å². The van der Waals surface area contributed by atoms with E-state index in [1.54, 1.807) is 37.3 Å². The summed E-state index contributed by atoms with van der Waals surface area (Å²) in [6.07, 6.45) is 0. The molecular formula is C20H14F2N2O2. The fourth-order valence-electron chi connectivity index (χ4n) is 2.63. The van der Waals surface area contributed by atoms with Crippen LogP contribution in [0, 0.1) is 29.9 Å². The summed E-state index contributed by atoms with van der Waals surface area (Å²) in [5.74, 6) is -2.00. The number of nitriles is 1. The van der Waals surface area contributed by atoms with Crippen molar-refractivity contribution in [2.24, 2.45) is 0 Å². The second kappa shape index (κ2) is 7.19. The van der Waals surface area contributed by atoms with Gasteiger partial charge in [-0.1, -0.05) is 24.3 Å². The molecule has 0 radical (unpaired) electrons. The van der Waals surface area contributed by atoms with E-state index in [0.29, 0.717) is 22.4 Å². The Balaban J connectivity index is 1.93. The van der Waals surface area contributed by atoms with Gasteiger partial charge in [-0.2, -0.15) is 5.26 Å². The van der Waals surface area contributed by atoms with E-state index in [4.69, 9.17) is 4.74 Å². The normalized spacial score (nSPS) is 10.4. The van der Waals surface area contributed by atoms with Crippen LogP contribution >= 0.6 is 0 Å². The van der Waals surface area contributed by atoms with Gasteiger partial charge in [0.1, 0.15) is 18.2 Å². The number of halogens is 2. The van der Waals surface area contributed by atoms with Gasteiger partial charge in [-0.3, -0.25) is 4.79 Å². The first-order chi connectivity index (χ1) is 12.5. The highest BCUT2D eigenvalue weighted by atomic mass is 19.1. The van der Waals surface area contributed by atoms with Crippen LogP contribution in [0.15, 0.2) is 53.3 Å². The highest BCUT2D eigenvalue weighted by Gasteiger charge is 2.12. The number of rotatable bonds is 4. The van der Waals surface area contributed by atoms with Gasteiger partial charge >= 0.3 is 0 Å². The van der Waals surface area contributed by atoms with Crippen LogP contribution in [0.1, 0.15) is 16.8 Å². The van der Waals surface area contributed by atoms with Crippen molar-refractivity contribution in [2.75, 3.05) is 0 Å². The first-order valence-electron chi connectivity index (χ1n) is 7.79. The van der Waals surface area contributed by atoms with Crippen LogP contribution in [0.5, 0.6) is 5.75 Å². The summed E-state index contributed by atoms with van der Waals surface area (Å²) in [5, 5.41) is 9.26. The minimum Gasteiger partial charge on any atom is -0.483 e. The molecule has 1 heterocycles. The second-order valence-electron chi connectivity index (χ2n) is 5.72. The number of para-hydroxylation sites is 1. The highest BCUT2D eigenvalue weighted by Crippen LogP contribution is 2.25.